The third-order valence-corrected chi connectivity index (χ3v) is 5.75. The molecule has 28 heavy (non-hydrogen) atoms. The largest absolute Gasteiger partial charge is 0.477 e. The van der Waals surface area contributed by atoms with Gasteiger partial charge in [0.15, 0.2) is 5.96 Å². The molecule has 150 valence electrons. The molecule has 1 aliphatic heterocycles. The quantitative estimate of drug-likeness (QED) is 0.615. The van der Waals surface area contributed by atoms with E-state index in [1.54, 1.807) is 0 Å². The Balaban J connectivity index is 1.35. The first-order valence-electron chi connectivity index (χ1n) is 10.2. The molecule has 2 atom stereocenters. The van der Waals surface area contributed by atoms with E-state index >= 15 is 0 Å². The van der Waals surface area contributed by atoms with Crippen LogP contribution in [0.5, 0.6) is 5.88 Å². The van der Waals surface area contributed by atoms with E-state index in [9.17, 15) is 0 Å². The lowest BCUT2D eigenvalue weighted by Gasteiger charge is -2.39. The van der Waals surface area contributed by atoms with Crippen molar-refractivity contribution in [3.8, 4) is 5.88 Å². The number of pyridine rings is 1. The number of aliphatic imine (C=N–C) groups is 1. The number of likely N-dealkylation sites (tertiary alicyclic amines) is 1. The first-order valence-corrected chi connectivity index (χ1v) is 10.2. The van der Waals surface area contributed by atoms with E-state index in [1.165, 1.54) is 12.8 Å². The van der Waals surface area contributed by atoms with Gasteiger partial charge in [0.1, 0.15) is 0 Å². The summed E-state index contributed by atoms with van der Waals surface area (Å²) in [6.07, 6.45) is 11.4. The average molecular weight is 383 g/mol. The lowest BCUT2D eigenvalue weighted by atomic mass is 9.93. The maximum absolute atomic E-state index is 5.80. The summed E-state index contributed by atoms with van der Waals surface area (Å²) < 4.78 is 8.02. The van der Waals surface area contributed by atoms with Gasteiger partial charge in [-0.2, -0.15) is 0 Å². The van der Waals surface area contributed by atoms with Crippen molar-refractivity contribution in [1.82, 2.24) is 24.8 Å². The van der Waals surface area contributed by atoms with Crippen LogP contribution in [0.25, 0.3) is 0 Å². The maximum Gasteiger partial charge on any atom is 0.213 e. The van der Waals surface area contributed by atoms with Crippen molar-refractivity contribution in [2.24, 2.45) is 16.8 Å². The minimum absolute atomic E-state index is 0.415. The van der Waals surface area contributed by atoms with Crippen molar-refractivity contribution in [1.29, 1.82) is 0 Å². The summed E-state index contributed by atoms with van der Waals surface area (Å²) in [5, 5.41) is 3.51. The van der Waals surface area contributed by atoms with Crippen LogP contribution in [0.4, 0.5) is 0 Å². The summed E-state index contributed by atoms with van der Waals surface area (Å²) in [5.41, 5.74) is 1.15. The van der Waals surface area contributed by atoms with Gasteiger partial charge in [0.05, 0.1) is 19.0 Å². The topological polar surface area (TPSA) is 67.6 Å². The molecule has 2 aromatic rings. The van der Waals surface area contributed by atoms with Gasteiger partial charge < -0.3 is 19.5 Å². The molecule has 1 saturated heterocycles. The summed E-state index contributed by atoms with van der Waals surface area (Å²) in [6.45, 7) is 5.75. The van der Waals surface area contributed by atoms with Crippen LogP contribution < -0.4 is 10.1 Å². The summed E-state index contributed by atoms with van der Waals surface area (Å²) >= 11 is 0. The van der Waals surface area contributed by atoms with Gasteiger partial charge in [-0.3, -0.25) is 4.99 Å². The van der Waals surface area contributed by atoms with Crippen molar-refractivity contribution < 1.29 is 4.74 Å². The molecule has 2 aliphatic rings. The fourth-order valence-electron chi connectivity index (χ4n) is 3.74. The molecule has 4 rings (SSSR count). The Morgan fingerprint density at radius 3 is 2.96 bits per heavy atom. The van der Waals surface area contributed by atoms with E-state index in [1.807, 2.05) is 37.9 Å². The fraction of sp³-hybridized carbons (Fsp3) is 0.571. The summed E-state index contributed by atoms with van der Waals surface area (Å²) in [4.78, 5) is 15.4. The van der Waals surface area contributed by atoms with Crippen LogP contribution in [0, 0.1) is 11.8 Å². The second-order valence-corrected chi connectivity index (χ2v) is 7.95. The third kappa shape index (κ3) is 4.64. The van der Waals surface area contributed by atoms with Crippen molar-refractivity contribution in [2.45, 2.75) is 38.8 Å². The van der Waals surface area contributed by atoms with Gasteiger partial charge in [0.25, 0.3) is 0 Å². The van der Waals surface area contributed by atoms with Crippen LogP contribution in [0.3, 0.4) is 0 Å². The number of hydrogen-bond acceptors (Lipinski definition) is 4. The van der Waals surface area contributed by atoms with E-state index in [0.29, 0.717) is 24.4 Å². The Bertz CT molecular complexity index is 786. The molecule has 0 spiro atoms. The second kappa shape index (κ2) is 8.63. The molecule has 3 heterocycles. The maximum atomic E-state index is 5.80. The minimum Gasteiger partial charge on any atom is -0.477 e. The Morgan fingerprint density at radius 1 is 1.32 bits per heavy atom. The monoisotopic (exact) mass is 382 g/mol. The zero-order valence-electron chi connectivity index (χ0n) is 16.8. The van der Waals surface area contributed by atoms with Crippen LogP contribution in [-0.4, -0.2) is 52.1 Å². The summed E-state index contributed by atoms with van der Waals surface area (Å²) in [5.74, 6) is 3.00. The average Bonchev–Trinajstić information content (AvgIpc) is 3.40. The SMILES string of the molecule is CN=C(NCc1ccnc(OCC2CC2)c1)N1CCC(C)C(n2ccnc2)C1. The van der Waals surface area contributed by atoms with Crippen LogP contribution in [0.2, 0.25) is 0 Å². The Morgan fingerprint density at radius 2 is 2.21 bits per heavy atom. The lowest BCUT2D eigenvalue weighted by molar-refractivity contribution is 0.189. The Hall–Kier alpha value is -2.57. The van der Waals surface area contributed by atoms with Gasteiger partial charge in [-0.05, 0) is 42.7 Å². The summed E-state index contributed by atoms with van der Waals surface area (Å²) in [7, 11) is 1.85. The third-order valence-electron chi connectivity index (χ3n) is 5.75. The Kier molecular flexibility index (Phi) is 5.78. The predicted molar refractivity (Wildman–Crippen MR) is 109 cm³/mol. The van der Waals surface area contributed by atoms with Crippen molar-refractivity contribution in [2.75, 3.05) is 26.7 Å². The van der Waals surface area contributed by atoms with Gasteiger partial charge in [-0.15, -0.1) is 0 Å². The molecule has 0 radical (unpaired) electrons. The number of aromatic nitrogens is 3. The van der Waals surface area contributed by atoms with Crippen molar-refractivity contribution in [3.05, 3.63) is 42.6 Å². The predicted octanol–water partition coefficient (Wildman–Crippen LogP) is 2.73. The van der Waals surface area contributed by atoms with E-state index in [2.05, 4.69) is 42.9 Å². The van der Waals surface area contributed by atoms with Crippen LogP contribution in [0.15, 0.2) is 42.0 Å². The fourth-order valence-corrected chi connectivity index (χ4v) is 3.74. The van der Waals surface area contributed by atoms with Gasteiger partial charge in [-0.25, -0.2) is 9.97 Å². The number of nitrogens with one attached hydrogen (secondary N) is 1. The van der Waals surface area contributed by atoms with E-state index in [4.69, 9.17) is 4.74 Å². The standard InChI is InChI=1S/C21H30N6O/c1-16-6-9-26(13-19(16)27-10-8-23-15-27)21(22-2)25-12-18-5-7-24-20(11-18)28-14-17-3-4-17/h5,7-8,10-11,15-17,19H,3-4,6,9,12-14H2,1-2H3,(H,22,25). The lowest BCUT2D eigenvalue weighted by Crippen LogP contribution is -2.48. The highest BCUT2D eigenvalue weighted by Crippen LogP contribution is 2.29. The number of guanidine groups is 1. The van der Waals surface area contributed by atoms with Gasteiger partial charge in [0, 0.05) is 51.3 Å². The number of piperidine rings is 1. The Labute approximate surface area is 166 Å². The molecular formula is C21H30N6O. The zero-order chi connectivity index (χ0) is 19.3. The number of rotatable bonds is 6. The highest BCUT2D eigenvalue weighted by molar-refractivity contribution is 5.80. The van der Waals surface area contributed by atoms with Gasteiger partial charge in [-0.1, -0.05) is 6.92 Å². The molecule has 0 bridgehead atoms. The second-order valence-electron chi connectivity index (χ2n) is 7.95. The highest BCUT2D eigenvalue weighted by Gasteiger charge is 2.28. The first-order chi connectivity index (χ1) is 13.7. The molecule has 7 nitrogen and oxygen atoms in total. The van der Waals surface area contributed by atoms with Gasteiger partial charge in [0.2, 0.25) is 5.88 Å². The number of hydrogen-bond donors (Lipinski definition) is 1. The first kappa shape index (κ1) is 18.8. The highest BCUT2D eigenvalue weighted by atomic mass is 16.5. The molecule has 1 N–H and O–H groups in total. The normalized spacial score (nSPS) is 22.9. The molecule has 1 saturated carbocycles. The van der Waals surface area contributed by atoms with Crippen molar-refractivity contribution >= 4 is 5.96 Å². The van der Waals surface area contributed by atoms with Gasteiger partial charge >= 0.3 is 0 Å². The molecule has 0 amide bonds. The molecule has 1 aliphatic carbocycles. The number of imidazole rings is 1. The van der Waals surface area contributed by atoms with Crippen LogP contribution in [0.1, 0.15) is 37.8 Å². The number of nitrogens with zero attached hydrogens (tertiary/aromatic N) is 5. The smallest absolute Gasteiger partial charge is 0.213 e. The molecule has 7 heteroatoms. The van der Waals surface area contributed by atoms with Crippen molar-refractivity contribution in [3.63, 3.8) is 0 Å². The molecule has 0 aromatic carbocycles. The zero-order valence-corrected chi connectivity index (χ0v) is 16.8. The summed E-state index contributed by atoms with van der Waals surface area (Å²) in [6, 6.07) is 4.46. The number of ether oxygens (including phenoxy) is 1. The molecular weight excluding hydrogens is 352 g/mol. The molecule has 2 fully saturated rings. The van der Waals surface area contributed by atoms with Crippen LogP contribution >= 0.6 is 0 Å². The van der Waals surface area contributed by atoms with E-state index in [0.717, 1.165) is 43.6 Å². The van der Waals surface area contributed by atoms with Crippen LogP contribution in [-0.2, 0) is 6.54 Å². The van der Waals surface area contributed by atoms with E-state index < -0.39 is 0 Å². The molecule has 2 unspecified atom stereocenters. The molecule has 2 aromatic heterocycles. The minimum atomic E-state index is 0.415. The van der Waals surface area contributed by atoms with E-state index in [-0.39, 0.29) is 0 Å².